The number of rotatable bonds is 9. The fraction of sp³-hybridized carbons (Fsp3) is 0.280. The van der Waals surface area contributed by atoms with E-state index in [9.17, 15) is 13.2 Å². The quantitative estimate of drug-likeness (QED) is 0.287. The number of amides is 1. The van der Waals surface area contributed by atoms with Gasteiger partial charge in [0.1, 0.15) is 11.6 Å². The van der Waals surface area contributed by atoms with Gasteiger partial charge in [0.15, 0.2) is 11.5 Å². The third-order valence-electron chi connectivity index (χ3n) is 5.30. The Hall–Kier alpha value is -3.64. The number of ether oxygens (including phenoxy) is 3. The predicted octanol–water partition coefficient (Wildman–Crippen LogP) is 3.86. The van der Waals surface area contributed by atoms with Crippen molar-refractivity contribution < 1.29 is 27.4 Å². The van der Waals surface area contributed by atoms with Crippen molar-refractivity contribution >= 4 is 49.9 Å². The number of benzene rings is 2. The number of aryl methyl sites for hydroxylation is 1. The molecule has 194 valence electrons. The van der Waals surface area contributed by atoms with Gasteiger partial charge in [0, 0.05) is 12.7 Å². The minimum atomic E-state index is -3.72. The zero-order chi connectivity index (χ0) is 26.6. The number of nitrogens with one attached hydrogen (secondary N) is 1. The molecule has 0 bridgehead atoms. The summed E-state index contributed by atoms with van der Waals surface area (Å²) >= 11 is 0.749. The van der Waals surface area contributed by atoms with Gasteiger partial charge in [-0.1, -0.05) is 24.3 Å². The van der Waals surface area contributed by atoms with Gasteiger partial charge < -0.3 is 14.2 Å². The third kappa shape index (κ3) is 6.03. The van der Waals surface area contributed by atoms with E-state index in [2.05, 4.69) is 9.39 Å². The second-order valence-electron chi connectivity index (χ2n) is 8.13. The zero-order valence-corrected chi connectivity index (χ0v) is 22.2. The van der Waals surface area contributed by atoms with Crippen molar-refractivity contribution in [1.82, 2.24) is 4.90 Å². The van der Waals surface area contributed by atoms with Crippen LogP contribution in [0.4, 0.5) is 0 Å². The number of carbonyl (C=O) groups excluding carboxylic acids is 1. The standard InChI is InChI=1S/C25H26N4O6S2/c1-4-33-21-15-17(10-11-20(21)35-13-7-12-34-19-9-6-5-8-16(19)2)14-18-22(26)29-24(27-23(18)30)36-28-25(29)37(3,31)32/h5-6,8-11,14-15,26H,4,7,12-13H2,1-3H3. The summed E-state index contributed by atoms with van der Waals surface area (Å²) in [6, 6.07) is 13.0. The van der Waals surface area contributed by atoms with Gasteiger partial charge in [0.2, 0.25) is 20.2 Å². The first-order chi connectivity index (χ1) is 17.7. The van der Waals surface area contributed by atoms with Gasteiger partial charge in [-0.2, -0.15) is 9.39 Å². The van der Waals surface area contributed by atoms with Crippen LogP contribution in [0.3, 0.4) is 0 Å². The molecule has 2 aliphatic rings. The lowest BCUT2D eigenvalue weighted by atomic mass is 10.1. The first kappa shape index (κ1) is 26.4. The highest BCUT2D eigenvalue weighted by molar-refractivity contribution is 8.16. The van der Waals surface area contributed by atoms with Crippen LogP contribution in [0.5, 0.6) is 17.2 Å². The molecule has 1 N–H and O–H groups in total. The lowest BCUT2D eigenvalue weighted by Gasteiger charge is -2.23. The van der Waals surface area contributed by atoms with E-state index >= 15 is 0 Å². The lowest BCUT2D eigenvalue weighted by Crippen LogP contribution is -2.45. The molecule has 0 fully saturated rings. The number of hydrogen-bond donors (Lipinski definition) is 1. The van der Waals surface area contributed by atoms with Gasteiger partial charge in [-0.15, -0.1) is 0 Å². The summed E-state index contributed by atoms with van der Waals surface area (Å²) in [6.45, 7) is 5.15. The average Bonchev–Trinajstić information content (AvgIpc) is 3.28. The van der Waals surface area contributed by atoms with E-state index in [1.54, 1.807) is 18.2 Å². The highest BCUT2D eigenvalue weighted by Crippen LogP contribution is 2.32. The number of carbonyl (C=O) groups is 1. The molecule has 0 aliphatic carbocycles. The van der Waals surface area contributed by atoms with Crippen LogP contribution in [0.1, 0.15) is 24.5 Å². The van der Waals surface area contributed by atoms with Gasteiger partial charge >= 0.3 is 0 Å². The highest BCUT2D eigenvalue weighted by atomic mass is 32.2. The summed E-state index contributed by atoms with van der Waals surface area (Å²) in [5.41, 5.74) is 1.57. The molecule has 2 heterocycles. The van der Waals surface area contributed by atoms with E-state index in [1.807, 2.05) is 38.1 Å². The van der Waals surface area contributed by atoms with E-state index in [-0.39, 0.29) is 21.7 Å². The Balaban J connectivity index is 1.46. The summed E-state index contributed by atoms with van der Waals surface area (Å²) in [6.07, 6.45) is 3.12. The van der Waals surface area contributed by atoms with Gasteiger partial charge in [-0.3, -0.25) is 10.2 Å². The van der Waals surface area contributed by atoms with Crippen LogP contribution in [0, 0.1) is 12.3 Å². The third-order valence-corrected chi connectivity index (χ3v) is 7.06. The van der Waals surface area contributed by atoms with Crippen LogP contribution in [-0.4, -0.2) is 61.5 Å². The maximum Gasteiger partial charge on any atom is 0.283 e. The molecule has 12 heteroatoms. The number of para-hydroxylation sites is 1. The molecule has 4 rings (SSSR count). The van der Waals surface area contributed by atoms with Gasteiger partial charge in [0.25, 0.3) is 5.91 Å². The molecular formula is C25H26N4O6S2. The highest BCUT2D eigenvalue weighted by Gasteiger charge is 2.41. The van der Waals surface area contributed by atoms with Crippen LogP contribution in [0.2, 0.25) is 0 Å². The predicted molar refractivity (Wildman–Crippen MR) is 144 cm³/mol. The Morgan fingerprint density at radius 2 is 1.78 bits per heavy atom. The normalized spacial score (nSPS) is 16.4. The molecule has 0 atom stereocenters. The topological polar surface area (TPSA) is 131 Å². The van der Waals surface area contributed by atoms with E-state index < -0.39 is 15.7 Å². The molecule has 2 aliphatic heterocycles. The number of fused-ring (bicyclic) bond motifs is 1. The van der Waals surface area contributed by atoms with Crippen molar-refractivity contribution in [3.05, 3.63) is 59.2 Å². The van der Waals surface area contributed by atoms with Crippen molar-refractivity contribution in [2.75, 3.05) is 26.1 Å². The molecule has 0 saturated carbocycles. The summed E-state index contributed by atoms with van der Waals surface area (Å²) in [7, 11) is -3.72. The van der Waals surface area contributed by atoms with Gasteiger partial charge in [-0.25, -0.2) is 13.3 Å². The molecule has 0 spiro atoms. The SMILES string of the molecule is CCOc1cc(C=C2C(=N)N3C(=NC2=O)SN=C3S(C)(=O)=O)ccc1OCCCOc1ccccc1C. The van der Waals surface area contributed by atoms with Crippen LogP contribution < -0.4 is 14.2 Å². The van der Waals surface area contributed by atoms with Crippen LogP contribution in [0.15, 0.2) is 57.4 Å². The molecular weight excluding hydrogens is 516 g/mol. The summed E-state index contributed by atoms with van der Waals surface area (Å²) < 4.78 is 45.4. The monoisotopic (exact) mass is 542 g/mol. The molecule has 2 aromatic rings. The largest absolute Gasteiger partial charge is 0.493 e. The zero-order valence-electron chi connectivity index (χ0n) is 20.6. The summed E-state index contributed by atoms with van der Waals surface area (Å²) in [4.78, 5) is 17.6. The lowest BCUT2D eigenvalue weighted by molar-refractivity contribution is -0.114. The molecule has 2 aromatic carbocycles. The molecule has 10 nitrogen and oxygen atoms in total. The smallest absolute Gasteiger partial charge is 0.283 e. The van der Waals surface area contributed by atoms with Crippen molar-refractivity contribution in [1.29, 1.82) is 5.41 Å². The Kier molecular flexibility index (Phi) is 7.98. The number of sulfone groups is 1. The van der Waals surface area contributed by atoms with Crippen molar-refractivity contribution in [3.8, 4) is 17.2 Å². The molecule has 0 saturated heterocycles. The minimum absolute atomic E-state index is 0.0396. The van der Waals surface area contributed by atoms with E-state index in [0.29, 0.717) is 43.3 Å². The Morgan fingerprint density at radius 1 is 1.05 bits per heavy atom. The van der Waals surface area contributed by atoms with Crippen LogP contribution in [-0.2, 0) is 14.6 Å². The second-order valence-corrected chi connectivity index (χ2v) is 10.8. The molecule has 37 heavy (non-hydrogen) atoms. The van der Waals surface area contributed by atoms with E-state index in [0.717, 1.165) is 34.4 Å². The maximum atomic E-state index is 12.6. The van der Waals surface area contributed by atoms with Gasteiger partial charge in [0.05, 0.1) is 37.3 Å². The van der Waals surface area contributed by atoms with Crippen molar-refractivity contribution in [2.24, 2.45) is 9.39 Å². The second kappa shape index (κ2) is 11.2. The van der Waals surface area contributed by atoms with Crippen molar-refractivity contribution in [3.63, 3.8) is 0 Å². The molecule has 1 amide bonds. The maximum absolute atomic E-state index is 12.6. The van der Waals surface area contributed by atoms with E-state index in [4.69, 9.17) is 19.6 Å². The number of amidine groups is 3. The minimum Gasteiger partial charge on any atom is -0.493 e. The Bertz CT molecular complexity index is 1430. The van der Waals surface area contributed by atoms with E-state index in [1.165, 1.54) is 6.08 Å². The van der Waals surface area contributed by atoms with Crippen molar-refractivity contribution in [2.45, 2.75) is 20.3 Å². The fourth-order valence-corrected chi connectivity index (χ4v) is 5.39. The van der Waals surface area contributed by atoms with Crippen LogP contribution in [0.25, 0.3) is 6.08 Å². The first-order valence-corrected chi connectivity index (χ1v) is 14.1. The molecule has 0 radical (unpaired) electrons. The van der Waals surface area contributed by atoms with Gasteiger partial charge in [-0.05, 0) is 49.2 Å². The summed E-state index contributed by atoms with van der Waals surface area (Å²) in [5, 5.41) is 8.19. The Morgan fingerprint density at radius 3 is 2.49 bits per heavy atom. The number of nitrogens with zero attached hydrogens (tertiary/aromatic N) is 3. The summed E-state index contributed by atoms with van der Waals surface area (Å²) in [5.74, 6) is 0.895. The number of aliphatic imine (C=N–C) groups is 1. The fourth-order valence-electron chi connectivity index (χ4n) is 3.55. The molecule has 0 unspecified atom stereocenters. The first-order valence-electron chi connectivity index (χ1n) is 11.5. The number of hydrogen-bond acceptors (Lipinski definition) is 9. The van der Waals surface area contributed by atoms with Crippen LogP contribution >= 0.6 is 11.9 Å². The molecule has 0 aromatic heterocycles. The average molecular weight is 543 g/mol. The Labute approximate surface area is 219 Å².